The first-order valence-electron chi connectivity index (χ1n) is 5.15. The maximum Gasteiger partial charge on any atom is 0.172 e. The molecule has 1 saturated carbocycles. The predicted octanol–water partition coefficient (Wildman–Crippen LogP) is 1.70. The van der Waals surface area contributed by atoms with E-state index in [2.05, 4.69) is 0 Å². The van der Waals surface area contributed by atoms with E-state index in [0.29, 0.717) is 6.54 Å². The summed E-state index contributed by atoms with van der Waals surface area (Å²) in [6.45, 7) is 0.490. The second kappa shape index (κ2) is 3.76. The topological polar surface area (TPSA) is 59.0 Å². The summed E-state index contributed by atoms with van der Waals surface area (Å²) in [5, 5.41) is 8.93. The second-order valence-electron chi connectivity index (χ2n) is 4.14. The van der Waals surface area contributed by atoms with Crippen LogP contribution in [0.5, 0.6) is 5.75 Å². The molecule has 2 rings (SSSR count). The minimum Gasteiger partial charge on any atom is -0.492 e. The fourth-order valence-electron chi connectivity index (χ4n) is 1.95. The quantitative estimate of drug-likeness (QED) is 0.843. The van der Waals surface area contributed by atoms with Crippen molar-refractivity contribution in [3.05, 3.63) is 29.1 Å². The summed E-state index contributed by atoms with van der Waals surface area (Å²) in [6.07, 6.45) is 1.92. The highest BCUT2D eigenvalue weighted by Crippen LogP contribution is 2.48. The van der Waals surface area contributed by atoms with Crippen molar-refractivity contribution < 1.29 is 9.13 Å². The molecule has 0 spiro atoms. The molecule has 0 radical (unpaired) electrons. The molecular formula is C12H13FN2O. The molecule has 0 saturated heterocycles. The molecule has 4 heteroatoms. The number of hydrogen-bond donors (Lipinski definition) is 1. The van der Waals surface area contributed by atoms with Crippen LogP contribution in [0.2, 0.25) is 0 Å². The van der Waals surface area contributed by atoms with Gasteiger partial charge in [0.2, 0.25) is 0 Å². The van der Waals surface area contributed by atoms with Crippen LogP contribution in [0.4, 0.5) is 4.39 Å². The van der Waals surface area contributed by atoms with E-state index in [0.717, 1.165) is 18.4 Å². The Bertz CT molecular complexity index is 461. The number of halogens is 1. The lowest BCUT2D eigenvalue weighted by molar-refractivity contribution is 0.384. The number of nitriles is 1. The molecule has 1 aliphatic carbocycles. The Morgan fingerprint density at radius 1 is 1.56 bits per heavy atom. The van der Waals surface area contributed by atoms with Gasteiger partial charge < -0.3 is 10.5 Å². The maximum atomic E-state index is 13.7. The molecule has 2 N–H and O–H groups in total. The average molecular weight is 220 g/mol. The highest BCUT2D eigenvalue weighted by molar-refractivity contribution is 5.49. The lowest BCUT2D eigenvalue weighted by atomic mass is 9.94. The fraction of sp³-hybridized carbons (Fsp3) is 0.417. The molecule has 3 nitrogen and oxygen atoms in total. The van der Waals surface area contributed by atoms with Crippen LogP contribution in [-0.2, 0) is 5.41 Å². The molecule has 1 aliphatic rings. The summed E-state index contributed by atoms with van der Waals surface area (Å²) in [5.41, 5.74) is 6.61. The Labute approximate surface area is 93.6 Å². The minimum atomic E-state index is -0.490. The zero-order chi connectivity index (χ0) is 11.8. The highest BCUT2D eigenvalue weighted by atomic mass is 19.1. The van der Waals surface area contributed by atoms with Crippen LogP contribution < -0.4 is 10.5 Å². The SMILES string of the molecule is COc1c(F)cc(C2(CN)CC2)cc1C#N. The largest absolute Gasteiger partial charge is 0.492 e. The van der Waals surface area contributed by atoms with Crippen LogP contribution in [-0.4, -0.2) is 13.7 Å². The second-order valence-corrected chi connectivity index (χ2v) is 4.14. The molecule has 0 heterocycles. The molecule has 0 atom stereocenters. The molecule has 1 aromatic rings. The van der Waals surface area contributed by atoms with Gasteiger partial charge in [0, 0.05) is 12.0 Å². The summed E-state index contributed by atoms with van der Waals surface area (Å²) in [5.74, 6) is -0.477. The van der Waals surface area contributed by atoms with Crippen LogP contribution in [0, 0.1) is 17.1 Å². The molecule has 0 unspecified atom stereocenters. The number of nitrogens with two attached hydrogens (primary N) is 1. The smallest absolute Gasteiger partial charge is 0.172 e. The van der Waals surface area contributed by atoms with Crippen molar-refractivity contribution in [1.29, 1.82) is 5.26 Å². The van der Waals surface area contributed by atoms with Crippen LogP contribution in [0.25, 0.3) is 0 Å². The predicted molar refractivity (Wildman–Crippen MR) is 57.6 cm³/mol. The zero-order valence-corrected chi connectivity index (χ0v) is 9.09. The van der Waals surface area contributed by atoms with Crippen molar-refractivity contribution in [2.75, 3.05) is 13.7 Å². The van der Waals surface area contributed by atoms with Gasteiger partial charge >= 0.3 is 0 Å². The van der Waals surface area contributed by atoms with Crippen molar-refractivity contribution in [2.24, 2.45) is 5.73 Å². The fourth-order valence-corrected chi connectivity index (χ4v) is 1.95. The van der Waals surface area contributed by atoms with E-state index in [-0.39, 0.29) is 16.7 Å². The first-order chi connectivity index (χ1) is 7.66. The van der Waals surface area contributed by atoms with Crippen molar-refractivity contribution in [2.45, 2.75) is 18.3 Å². The average Bonchev–Trinajstić information content (AvgIpc) is 3.08. The zero-order valence-electron chi connectivity index (χ0n) is 9.09. The summed E-state index contributed by atoms with van der Waals surface area (Å²) >= 11 is 0. The normalized spacial score (nSPS) is 16.6. The molecule has 84 valence electrons. The Morgan fingerprint density at radius 2 is 2.25 bits per heavy atom. The first-order valence-corrected chi connectivity index (χ1v) is 5.15. The van der Waals surface area contributed by atoms with E-state index >= 15 is 0 Å². The van der Waals surface area contributed by atoms with Crippen LogP contribution in [0.1, 0.15) is 24.0 Å². The maximum absolute atomic E-state index is 13.7. The van der Waals surface area contributed by atoms with Gasteiger partial charge in [-0.2, -0.15) is 5.26 Å². The number of hydrogen-bond acceptors (Lipinski definition) is 3. The lowest BCUT2D eigenvalue weighted by Crippen LogP contribution is -2.20. The minimum absolute atomic E-state index is 0.0130. The number of methoxy groups -OCH3 is 1. The molecule has 1 fully saturated rings. The number of ether oxygens (including phenoxy) is 1. The molecule has 0 bridgehead atoms. The molecular weight excluding hydrogens is 207 g/mol. The van der Waals surface area contributed by atoms with Crippen LogP contribution >= 0.6 is 0 Å². The Balaban J connectivity index is 2.51. The number of benzene rings is 1. The van der Waals surface area contributed by atoms with Gasteiger partial charge in [-0.3, -0.25) is 0 Å². The molecule has 0 aliphatic heterocycles. The van der Waals surface area contributed by atoms with E-state index in [1.807, 2.05) is 6.07 Å². The third kappa shape index (κ3) is 1.54. The monoisotopic (exact) mass is 220 g/mol. The first kappa shape index (κ1) is 10.9. The molecule has 0 aromatic heterocycles. The summed E-state index contributed by atoms with van der Waals surface area (Å²) in [7, 11) is 1.36. The summed E-state index contributed by atoms with van der Waals surface area (Å²) in [6, 6.07) is 5.06. The van der Waals surface area contributed by atoms with Gasteiger partial charge in [0.1, 0.15) is 6.07 Å². The standard InChI is InChI=1S/C12H13FN2O/c1-16-11-8(6-14)4-9(5-10(11)13)12(7-15)2-3-12/h4-5H,2-3,7,15H2,1H3. The van der Waals surface area contributed by atoms with Gasteiger partial charge in [0.25, 0.3) is 0 Å². The van der Waals surface area contributed by atoms with Crippen molar-refractivity contribution in [3.8, 4) is 11.8 Å². The van der Waals surface area contributed by atoms with E-state index in [1.165, 1.54) is 13.2 Å². The lowest BCUT2D eigenvalue weighted by Gasteiger charge is -2.14. The van der Waals surface area contributed by atoms with E-state index in [4.69, 9.17) is 15.7 Å². The third-order valence-electron chi connectivity index (χ3n) is 3.22. The summed E-state index contributed by atoms with van der Waals surface area (Å²) < 4.78 is 18.5. The van der Waals surface area contributed by atoms with Gasteiger partial charge in [0.05, 0.1) is 12.7 Å². The van der Waals surface area contributed by atoms with Gasteiger partial charge in [-0.05, 0) is 30.5 Å². The van der Waals surface area contributed by atoms with Gasteiger partial charge in [0.15, 0.2) is 11.6 Å². The van der Waals surface area contributed by atoms with Crippen LogP contribution in [0.3, 0.4) is 0 Å². The van der Waals surface area contributed by atoms with Gasteiger partial charge in [-0.1, -0.05) is 0 Å². The number of rotatable bonds is 3. The van der Waals surface area contributed by atoms with E-state index < -0.39 is 5.82 Å². The summed E-state index contributed by atoms with van der Waals surface area (Å²) in [4.78, 5) is 0. The molecule has 0 amide bonds. The third-order valence-corrected chi connectivity index (χ3v) is 3.22. The van der Waals surface area contributed by atoms with E-state index in [9.17, 15) is 4.39 Å². The van der Waals surface area contributed by atoms with Gasteiger partial charge in [-0.15, -0.1) is 0 Å². The Morgan fingerprint density at radius 3 is 2.69 bits per heavy atom. The van der Waals surface area contributed by atoms with Gasteiger partial charge in [-0.25, -0.2) is 4.39 Å². The van der Waals surface area contributed by atoms with Crippen molar-refractivity contribution >= 4 is 0 Å². The van der Waals surface area contributed by atoms with E-state index in [1.54, 1.807) is 6.07 Å². The van der Waals surface area contributed by atoms with Crippen LogP contribution in [0.15, 0.2) is 12.1 Å². The molecule has 1 aromatic carbocycles. The number of nitrogens with zero attached hydrogens (tertiary/aromatic N) is 1. The highest BCUT2D eigenvalue weighted by Gasteiger charge is 2.43. The Hall–Kier alpha value is -1.60. The molecule has 16 heavy (non-hydrogen) atoms. The Kier molecular flexibility index (Phi) is 2.56. The van der Waals surface area contributed by atoms with Crippen molar-refractivity contribution in [3.63, 3.8) is 0 Å². The van der Waals surface area contributed by atoms with Crippen molar-refractivity contribution in [1.82, 2.24) is 0 Å².